The van der Waals surface area contributed by atoms with E-state index in [-0.39, 0.29) is 41.9 Å². The lowest BCUT2D eigenvalue weighted by molar-refractivity contribution is -0.127. The maximum atomic E-state index is 13.4. The van der Waals surface area contributed by atoms with Crippen molar-refractivity contribution < 1.29 is 19.5 Å². The van der Waals surface area contributed by atoms with Crippen molar-refractivity contribution in [2.45, 2.75) is 31.8 Å². The van der Waals surface area contributed by atoms with Gasteiger partial charge in [0.2, 0.25) is 5.91 Å². The summed E-state index contributed by atoms with van der Waals surface area (Å²) in [5, 5.41) is 15.7. The van der Waals surface area contributed by atoms with Crippen molar-refractivity contribution in [3.8, 4) is 5.75 Å². The highest BCUT2D eigenvalue weighted by Crippen LogP contribution is 2.22. The first-order chi connectivity index (χ1) is 18.3. The van der Waals surface area contributed by atoms with Gasteiger partial charge in [0.1, 0.15) is 23.1 Å². The molecule has 196 valence electrons. The Bertz CT molecular complexity index is 1330. The summed E-state index contributed by atoms with van der Waals surface area (Å²) in [6, 6.07) is 14.7. The number of amides is 2. The van der Waals surface area contributed by atoms with Crippen molar-refractivity contribution >= 4 is 29.5 Å². The van der Waals surface area contributed by atoms with Crippen LogP contribution < -0.4 is 10.6 Å². The highest BCUT2D eigenvalue weighted by atomic mass is 16.3. The van der Waals surface area contributed by atoms with E-state index in [0.29, 0.717) is 12.0 Å². The van der Waals surface area contributed by atoms with Crippen LogP contribution in [0.1, 0.15) is 23.7 Å². The van der Waals surface area contributed by atoms with Crippen LogP contribution in [0.3, 0.4) is 0 Å². The number of aromatic nitrogens is 2. The first kappa shape index (κ1) is 26.5. The number of phenolic OH excluding ortho intramolecular Hbond substituents is 1. The fraction of sp³-hybridized carbons (Fsp3) is 0.250. The van der Waals surface area contributed by atoms with Gasteiger partial charge in [-0.3, -0.25) is 19.3 Å². The maximum Gasteiger partial charge on any atom is 0.278 e. The SMILES string of the molecule is CNC(Cc1ccccc1)C(=O)NC(Cc1cnc[nH]1)C1=N/C(=C\c2ccc(O)cc2)C(=O)N1CC(C)=O. The molecule has 1 aliphatic rings. The number of carbonyl (C=O) groups excluding carboxylic acids is 3. The van der Waals surface area contributed by atoms with Gasteiger partial charge in [0.05, 0.1) is 25.0 Å². The zero-order valence-electron chi connectivity index (χ0n) is 21.2. The summed E-state index contributed by atoms with van der Waals surface area (Å²) >= 11 is 0. The third-order valence-electron chi connectivity index (χ3n) is 6.11. The molecule has 0 aliphatic carbocycles. The Morgan fingerprint density at radius 3 is 2.47 bits per heavy atom. The van der Waals surface area contributed by atoms with Crippen LogP contribution in [0.5, 0.6) is 5.75 Å². The summed E-state index contributed by atoms with van der Waals surface area (Å²) in [6.07, 6.45) is 5.50. The van der Waals surface area contributed by atoms with E-state index >= 15 is 0 Å². The first-order valence-corrected chi connectivity index (χ1v) is 12.2. The van der Waals surface area contributed by atoms with Gasteiger partial charge >= 0.3 is 0 Å². The number of benzene rings is 2. The van der Waals surface area contributed by atoms with Gasteiger partial charge in [-0.1, -0.05) is 42.5 Å². The number of amidine groups is 1. The monoisotopic (exact) mass is 514 g/mol. The molecule has 2 unspecified atom stereocenters. The zero-order chi connectivity index (χ0) is 27.1. The Labute approximate surface area is 220 Å². The molecule has 0 bridgehead atoms. The van der Waals surface area contributed by atoms with E-state index in [1.165, 1.54) is 30.3 Å². The number of carbonyl (C=O) groups is 3. The number of hydrogen-bond acceptors (Lipinski definition) is 7. The number of aliphatic imine (C=N–C) groups is 1. The van der Waals surface area contributed by atoms with Crippen LogP contribution in [-0.4, -0.2) is 69.1 Å². The van der Waals surface area contributed by atoms with Gasteiger partial charge in [0.15, 0.2) is 0 Å². The maximum absolute atomic E-state index is 13.4. The second-order valence-electron chi connectivity index (χ2n) is 9.06. The second kappa shape index (κ2) is 12.1. The first-order valence-electron chi connectivity index (χ1n) is 12.2. The standard InChI is InChI=1S/C28H30N6O4/c1-18(35)16-34-26(32-25(28(34)38)13-20-8-10-22(36)11-9-20)23(14-21-15-30-17-31-21)33-27(37)24(29-2)12-19-6-4-3-5-7-19/h3-11,13,15,17,23-24,29,36H,12,14,16H2,1-2H3,(H,30,31)(H,33,37)/b25-13-. The molecule has 0 saturated carbocycles. The number of H-pyrrole nitrogens is 1. The topological polar surface area (TPSA) is 140 Å². The molecule has 2 amide bonds. The summed E-state index contributed by atoms with van der Waals surface area (Å²) in [5.74, 6) is -0.561. The van der Waals surface area contributed by atoms with Gasteiger partial charge in [-0.15, -0.1) is 0 Å². The molecule has 0 saturated heterocycles. The molecule has 2 aromatic carbocycles. The van der Waals surface area contributed by atoms with E-state index in [4.69, 9.17) is 0 Å². The molecule has 4 rings (SSSR count). The number of phenols is 1. The quantitative estimate of drug-likeness (QED) is 0.288. The molecule has 1 aromatic heterocycles. The molecular formula is C28H30N6O4. The molecule has 38 heavy (non-hydrogen) atoms. The highest BCUT2D eigenvalue weighted by molar-refractivity contribution is 6.17. The summed E-state index contributed by atoms with van der Waals surface area (Å²) in [5.41, 5.74) is 2.52. The minimum absolute atomic E-state index is 0.101. The van der Waals surface area contributed by atoms with E-state index in [2.05, 4.69) is 25.6 Å². The Balaban J connectivity index is 1.66. The van der Waals surface area contributed by atoms with Crippen LogP contribution in [-0.2, 0) is 27.2 Å². The van der Waals surface area contributed by atoms with Crippen LogP contribution >= 0.6 is 0 Å². The molecule has 2 atom stereocenters. The van der Waals surface area contributed by atoms with Gasteiger partial charge in [-0.2, -0.15) is 0 Å². The van der Waals surface area contributed by atoms with E-state index < -0.39 is 18.0 Å². The Morgan fingerprint density at radius 1 is 1.11 bits per heavy atom. The fourth-order valence-electron chi connectivity index (χ4n) is 4.21. The Hall–Kier alpha value is -4.57. The van der Waals surface area contributed by atoms with Crippen molar-refractivity contribution in [1.29, 1.82) is 0 Å². The minimum Gasteiger partial charge on any atom is -0.508 e. The molecule has 0 spiro atoms. The third kappa shape index (κ3) is 6.60. The van der Waals surface area contributed by atoms with Crippen molar-refractivity contribution in [2.24, 2.45) is 4.99 Å². The predicted molar refractivity (Wildman–Crippen MR) is 143 cm³/mol. The van der Waals surface area contributed by atoms with Gasteiger partial charge in [0.25, 0.3) is 5.91 Å². The zero-order valence-corrected chi connectivity index (χ0v) is 21.2. The summed E-state index contributed by atoms with van der Waals surface area (Å²) < 4.78 is 0. The number of nitrogens with zero attached hydrogens (tertiary/aromatic N) is 3. The van der Waals surface area contributed by atoms with Gasteiger partial charge < -0.3 is 20.7 Å². The molecule has 3 aromatic rings. The molecular weight excluding hydrogens is 484 g/mol. The number of hydrogen-bond donors (Lipinski definition) is 4. The molecule has 0 radical (unpaired) electrons. The van der Waals surface area contributed by atoms with Crippen LogP contribution in [0.25, 0.3) is 6.08 Å². The third-order valence-corrected chi connectivity index (χ3v) is 6.11. The minimum atomic E-state index is -0.719. The lowest BCUT2D eigenvalue weighted by Crippen LogP contribution is -2.54. The lowest BCUT2D eigenvalue weighted by Gasteiger charge is -2.26. The van der Waals surface area contributed by atoms with E-state index in [0.717, 1.165) is 11.3 Å². The van der Waals surface area contributed by atoms with E-state index in [9.17, 15) is 19.5 Å². The number of rotatable bonds is 11. The predicted octanol–water partition coefficient (Wildman–Crippen LogP) is 1.84. The summed E-state index contributed by atoms with van der Waals surface area (Å²) in [4.78, 5) is 51.9. The number of nitrogens with one attached hydrogen (secondary N) is 3. The van der Waals surface area contributed by atoms with Gasteiger partial charge in [-0.25, -0.2) is 9.98 Å². The van der Waals surface area contributed by atoms with E-state index in [1.807, 2.05) is 30.3 Å². The van der Waals surface area contributed by atoms with Crippen molar-refractivity contribution in [1.82, 2.24) is 25.5 Å². The summed E-state index contributed by atoms with van der Waals surface area (Å²) in [7, 11) is 1.72. The number of Topliss-reactive ketones (excluding diaryl/α,β-unsaturated/α-hetero) is 1. The number of imidazole rings is 1. The van der Waals surface area contributed by atoms with Crippen molar-refractivity contribution in [2.75, 3.05) is 13.6 Å². The van der Waals surface area contributed by atoms with Crippen LogP contribution in [0.15, 0.2) is 77.8 Å². The molecule has 2 heterocycles. The lowest BCUT2D eigenvalue weighted by atomic mass is 10.0. The van der Waals surface area contributed by atoms with Crippen molar-refractivity contribution in [3.05, 3.63) is 89.6 Å². The number of likely N-dealkylation sites (N-methyl/N-ethyl adjacent to an activating group) is 1. The average Bonchev–Trinajstić information content (AvgIpc) is 3.52. The largest absolute Gasteiger partial charge is 0.508 e. The van der Waals surface area contributed by atoms with Crippen LogP contribution in [0.2, 0.25) is 0 Å². The average molecular weight is 515 g/mol. The molecule has 0 fully saturated rings. The van der Waals surface area contributed by atoms with Crippen LogP contribution in [0.4, 0.5) is 0 Å². The molecule has 1 aliphatic heterocycles. The molecule has 10 heteroatoms. The van der Waals surface area contributed by atoms with Crippen LogP contribution in [0, 0.1) is 0 Å². The normalized spacial score (nSPS) is 15.8. The summed E-state index contributed by atoms with van der Waals surface area (Å²) in [6.45, 7) is 1.21. The highest BCUT2D eigenvalue weighted by Gasteiger charge is 2.37. The second-order valence-corrected chi connectivity index (χ2v) is 9.06. The van der Waals surface area contributed by atoms with Gasteiger partial charge in [0, 0.05) is 18.3 Å². The molecule has 4 N–H and O–H groups in total. The van der Waals surface area contributed by atoms with E-state index in [1.54, 1.807) is 31.5 Å². The molecule has 10 nitrogen and oxygen atoms in total. The Morgan fingerprint density at radius 2 is 1.84 bits per heavy atom. The van der Waals surface area contributed by atoms with Crippen molar-refractivity contribution in [3.63, 3.8) is 0 Å². The number of ketones is 1. The Kier molecular flexibility index (Phi) is 8.44. The number of aromatic hydroxyl groups is 1. The number of aromatic amines is 1. The fourth-order valence-corrected chi connectivity index (χ4v) is 4.21. The smallest absolute Gasteiger partial charge is 0.278 e. The van der Waals surface area contributed by atoms with Gasteiger partial charge in [-0.05, 0) is 49.7 Å².